The Bertz CT molecular complexity index is 1010. The van der Waals surface area contributed by atoms with Crippen LogP contribution in [0.3, 0.4) is 0 Å². The van der Waals surface area contributed by atoms with Crippen molar-refractivity contribution in [3.8, 4) is 5.88 Å². The van der Waals surface area contributed by atoms with Crippen LogP contribution in [0.25, 0.3) is 10.9 Å². The number of pyridine rings is 2. The van der Waals surface area contributed by atoms with E-state index >= 15 is 0 Å². The Morgan fingerprint density at radius 2 is 2.11 bits per heavy atom. The Labute approximate surface area is 162 Å². The summed E-state index contributed by atoms with van der Waals surface area (Å²) in [5.74, 6) is -0.363. The van der Waals surface area contributed by atoms with Gasteiger partial charge in [0.15, 0.2) is 0 Å². The van der Waals surface area contributed by atoms with E-state index < -0.39 is 6.10 Å². The average molecular weight is 379 g/mol. The maximum atomic E-state index is 12.8. The van der Waals surface area contributed by atoms with Crippen LogP contribution in [0.1, 0.15) is 28.0 Å². The molecule has 1 aromatic carbocycles. The zero-order valence-electron chi connectivity index (χ0n) is 15.2. The third-order valence-electron chi connectivity index (χ3n) is 4.88. The van der Waals surface area contributed by atoms with Gasteiger partial charge in [0.05, 0.1) is 24.3 Å². The molecule has 28 heavy (non-hydrogen) atoms. The van der Waals surface area contributed by atoms with Crippen LogP contribution >= 0.6 is 0 Å². The molecule has 3 heterocycles. The standard InChI is InChI=1S/C21H21N3O4/c25-19-12-28-8-6-17(19)24-21(27)18-11-14(9-13-5-7-22-20(26)10-13)15-3-1-2-4-16(15)23-18/h1-5,7,10-11,17,19,25H,6,8-9,12H2,(H,22,26)(H,24,27). The van der Waals surface area contributed by atoms with Crippen LogP contribution in [0, 0.1) is 0 Å². The van der Waals surface area contributed by atoms with Gasteiger partial charge in [0.2, 0.25) is 5.88 Å². The molecule has 4 rings (SSSR count). The molecule has 3 N–H and O–H groups in total. The average Bonchev–Trinajstić information content (AvgIpc) is 2.69. The number of aliphatic hydroxyl groups excluding tert-OH is 1. The molecule has 144 valence electrons. The van der Waals surface area contributed by atoms with Gasteiger partial charge in [-0.2, -0.15) is 0 Å². The number of aliphatic hydroxyl groups is 1. The Morgan fingerprint density at radius 1 is 1.25 bits per heavy atom. The summed E-state index contributed by atoms with van der Waals surface area (Å²) < 4.78 is 5.21. The van der Waals surface area contributed by atoms with Crippen molar-refractivity contribution >= 4 is 16.8 Å². The van der Waals surface area contributed by atoms with Gasteiger partial charge in [-0.25, -0.2) is 9.97 Å². The molecule has 2 unspecified atom stereocenters. The zero-order chi connectivity index (χ0) is 19.5. The summed E-state index contributed by atoms with van der Waals surface area (Å²) in [4.78, 5) is 21.1. The lowest BCUT2D eigenvalue weighted by molar-refractivity contribution is -0.0261. The summed E-state index contributed by atoms with van der Waals surface area (Å²) in [7, 11) is 0. The maximum Gasteiger partial charge on any atom is 0.270 e. The fraction of sp³-hybridized carbons (Fsp3) is 0.286. The molecule has 7 nitrogen and oxygen atoms in total. The van der Waals surface area contributed by atoms with Crippen molar-refractivity contribution in [1.29, 1.82) is 0 Å². The lowest BCUT2D eigenvalue weighted by Gasteiger charge is -2.28. The Hall–Kier alpha value is -3.03. The normalized spacial score (nSPS) is 19.5. The van der Waals surface area contributed by atoms with Gasteiger partial charge in [0, 0.05) is 24.3 Å². The first-order chi connectivity index (χ1) is 13.6. The van der Waals surface area contributed by atoms with Crippen molar-refractivity contribution in [2.75, 3.05) is 13.2 Å². The lowest BCUT2D eigenvalue weighted by Crippen LogP contribution is -2.48. The number of para-hydroxylation sites is 1. The molecule has 1 fully saturated rings. The third-order valence-corrected chi connectivity index (χ3v) is 4.88. The second kappa shape index (κ2) is 7.92. The predicted octanol–water partition coefficient (Wildman–Crippen LogP) is 1.81. The largest absolute Gasteiger partial charge is 0.493 e. The van der Waals surface area contributed by atoms with Gasteiger partial charge in [-0.05, 0) is 42.2 Å². The minimum Gasteiger partial charge on any atom is -0.493 e. The number of carbonyl (C=O) groups is 1. The van der Waals surface area contributed by atoms with Crippen molar-refractivity contribution in [1.82, 2.24) is 15.3 Å². The first-order valence-electron chi connectivity index (χ1n) is 9.19. The van der Waals surface area contributed by atoms with E-state index in [9.17, 15) is 15.0 Å². The summed E-state index contributed by atoms with van der Waals surface area (Å²) in [6.07, 6.45) is 1.91. The number of hydrogen-bond acceptors (Lipinski definition) is 6. The van der Waals surface area contributed by atoms with Crippen LogP contribution in [0.2, 0.25) is 0 Å². The number of aromatic nitrogens is 2. The SMILES string of the molecule is O=C(NC1CCOCC1O)c1cc(Cc2ccnc(O)c2)c2ccccc2n1. The summed E-state index contributed by atoms with van der Waals surface area (Å²) >= 11 is 0. The minimum absolute atomic E-state index is 0.0395. The van der Waals surface area contributed by atoms with Crippen LogP contribution in [0.5, 0.6) is 5.88 Å². The fourth-order valence-electron chi connectivity index (χ4n) is 3.43. The molecule has 0 aliphatic carbocycles. The van der Waals surface area contributed by atoms with Gasteiger partial charge in [-0.15, -0.1) is 0 Å². The molecule has 1 amide bonds. The molecule has 7 heteroatoms. The number of hydrogen-bond donors (Lipinski definition) is 3. The van der Waals surface area contributed by atoms with Crippen molar-refractivity contribution in [3.05, 3.63) is 65.5 Å². The van der Waals surface area contributed by atoms with E-state index in [1.54, 1.807) is 18.3 Å². The van der Waals surface area contributed by atoms with Crippen molar-refractivity contribution in [2.24, 2.45) is 0 Å². The van der Waals surface area contributed by atoms with Crippen LogP contribution in [-0.2, 0) is 11.2 Å². The van der Waals surface area contributed by atoms with Crippen LogP contribution in [0.4, 0.5) is 0 Å². The number of amides is 1. The highest BCUT2D eigenvalue weighted by Gasteiger charge is 2.26. The van der Waals surface area contributed by atoms with Gasteiger partial charge in [0.1, 0.15) is 5.69 Å². The van der Waals surface area contributed by atoms with Gasteiger partial charge in [-0.1, -0.05) is 18.2 Å². The second-order valence-corrected chi connectivity index (χ2v) is 6.89. The van der Waals surface area contributed by atoms with Gasteiger partial charge in [-0.3, -0.25) is 4.79 Å². The molecule has 1 aliphatic rings. The number of benzene rings is 1. The smallest absolute Gasteiger partial charge is 0.270 e. The Balaban J connectivity index is 1.66. The van der Waals surface area contributed by atoms with E-state index in [2.05, 4.69) is 15.3 Å². The quantitative estimate of drug-likeness (QED) is 0.639. The van der Waals surface area contributed by atoms with E-state index in [1.165, 1.54) is 0 Å². The fourth-order valence-corrected chi connectivity index (χ4v) is 3.43. The number of aromatic hydroxyl groups is 1. The van der Waals surface area contributed by atoms with Crippen molar-refractivity contribution in [2.45, 2.75) is 25.0 Å². The molecule has 3 aromatic rings. The third kappa shape index (κ3) is 3.95. The highest BCUT2D eigenvalue weighted by Crippen LogP contribution is 2.22. The Morgan fingerprint density at radius 3 is 2.93 bits per heavy atom. The number of rotatable bonds is 4. The molecule has 1 aliphatic heterocycles. The minimum atomic E-state index is -0.725. The summed E-state index contributed by atoms with van der Waals surface area (Å²) in [5, 5.41) is 23.5. The second-order valence-electron chi connectivity index (χ2n) is 6.89. The van der Waals surface area contributed by atoms with Crippen LogP contribution < -0.4 is 5.32 Å². The number of nitrogens with one attached hydrogen (secondary N) is 1. The zero-order valence-corrected chi connectivity index (χ0v) is 15.2. The first kappa shape index (κ1) is 18.3. The van der Waals surface area contributed by atoms with Crippen LogP contribution in [0.15, 0.2) is 48.7 Å². The molecule has 2 atom stereocenters. The van der Waals surface area contributed by atoms with E-state index in [4.69, 9.17) is 4.74 Å². The van der Waals surface area contributed by atoms with E-state index in [-0.39, 0.29) is 24.4 Å². The molecule has 1 saturated heterocycles. The molecule has 0 bridgehead atoms. The van der Waals surface area contributed by atoms with Gasteiger partial charge >= 0.3 is 0 Å². The lowest BCUT2D eigenvalue weighted by atomic mass is 10.00. The summed E-state index contributed by atoms with van der Waals surface area (Å²) in [5.41, 5.74) is 2.82. The highest BCUT2D eigenvalue weighted by atomic mass is 16.5. The number of ether oxygens (including phenoxy) is 1. The summed E-state index contributed by atoms with van der Waals surface area (Å²) in [6.45, 7) is 0.719. The molecule has 0 saturated carbocycles. The molecular formula is C21H21N3O4. The van der Waals surface area contributed by atoms with E-state index in [0.29, 0.717) is 25.1 Å². The maximum absolute atomic E-state index is 12.8. The van der Waals surface area contributed by atoms with E-state index in [1.807, 2.05) is 30.3 Å². The van der Waals surface area contributed by atoms with Gasteiger partial charge < -0.3 is 20.3 Å². The predicted molar refractivity (Wildman–Crippen MR) is 103 cm³/mol. The summed E-state index contributed by atoms with van der Waals surface area (Å²) in [6, 6.07) is 12.5. The number of carbonyl (C=O) groups excluding carboxylic acids is 1. The number of fused-ring (bicyclic) bond motifs is 1. The van der Waals surface area contributed by atoms with E-state index in [0.717, 1.165) is 22.0 Å². The molecule has 0 radical (unpaired) electrons. The first-order valence-corrected chi connectivity index (χ1v) is 9.19. The molecular weight excluding hydrogens is 358 g/mol. The Kier molecular flexibility index (Phi) is 5.18. The number of nitrogens with zero attached hydrogens (tertiary/aromatic N) is 2. The van der Waals surface area contributed by atoms with Crippen LogP contribution in [-0.4, -0.2) is 51.4 Å². The van der Waals surface area contributed by atoms with Crippen molar-refractivity contribution < 1.29 is 19.7 Å². The molecule has 0 spiro atoms. The van der Waals surface area contributed by atoms with Crippen molar-refractivity contribution in [3.63, 3.8) is 0 Å². The van der Waals surface area contributed by atoms with Gasteiger partial charge in [0.25, 0.3) is 5.91 Å². The molecule has 2 aromatic heterocycles. The monoisotopic (exact) mass is 379 g/mol. The topological polar surface area (TPSA) is 105 Å². The highest BCUT2D eigenvalue weighted by molar-refractivity contribution is 5.96.